The average molecular weight is 446 g/mol. The summed E-state index contributed by atoms with van der Waals surface area (Å²) < 4.78 is 17.4. The quantitative estimate of drug-likeness (QED) is 0.428. The van der Waals surface area contributed by atoms with Gasteiger partial charge in [0.1, 0.15) is 24.7 Å². The monoisotopic (exact) mass is 445 g/mol. The molecule has 172 valence electrons. The van der Waals surface area contributed by atoms with Crippen molar-refractivity contribution in [3.63, 3.8) is 0 Å². The van der Waals surface area contributed by atoms with Crippen LogP contribution in [-0.2, 0) is 29.1 Å². The van der Waals surface area contributed by atoms with Crippen molar-refractivity contribution in [3.8, 4) is 5.75 Å². The number of hydrogen-bond donors (Lipinski definition) is 0. The molecule has 1 aliphatic heterocycles. The molecule has 5 nitrogen and oxygen atoms in total. The largest absolute Gasteiger partial charge is 0.489 e. The van der Waals surface area contributed by atoms with Crippen LogP contribution in [-0.4, -0.2) is 29.4 Å². The van der Waals surface area contributed by atoms with Crippen LogP contribution in [0.1, 0.15) is 37.0 Å². The minimum Gasteiger partial charge on any atom is -0.489 e. The van der Waals surface area contributed by atoms with E-state index in [1.165, 1.54) is 5.56 Å². The van der Waals surface area contributed by atoms with E-state index in [2.05, 4.69) is 24.3 Å². The van der Waals surface area contributed by atoms with Gasteiger partial charge in [0.15, 0.2) is 0 Å². The van der Waals surface area contributed by atoms with Gasteiger partial charge in [-0.15, -0.1) is 0 Å². The van der Waals surface area contributed by atoms with Gasteiger partial charge >= 0.3 is 6.09 Å². The Kier molecular flexibility index (Phi) is 7.30. The summed E-state index contributed by atoms with van der Waals surface area (Å²) in [5, 5.41) is 0. The standard InChI is InChI=1S/C28H31NO4/c1-28(2)29(27(30)32-20-24-11-7-4-8-12-24)25(21-33-28)16-13-22-14-17-26(18-15-22)31-19-23-9-5-3-6-10-23/h3-12,14-15,17-18,25H,13,16,19-21H2,1-2H3/t25-/m1/s1. The lowest BCUT2D eigenvalue weighted by Crippen LogP contribution is -2.48. The number of carbonyl (C=O) groups is 1. The van der Waals surface area contributed by atoms with Gasteiger partial charge in [0.05, 0.1) is 12.6 Å². The zero-order valence-corrected chi connectivity index (χ0v) is 19.3. The maximum atomic E-state index is 12.9. The van der Waals surface area contributed by atoms with Gasteiger partial charge in [-0.3, -0.25) is 4.90 Å². The van der Waals surface area contributed by atoms with E-state index in [0.717, 1.165) is 29.7 Å². The second kappa shape index (κ2) is 10.5. The fourth-order valence-electron chi connectivity index (χ4n) is 4.08. The molecule has 5 heteroatoms. The van der Waals surface area contributed by atoms with Crippen molar-refractivity contribution in [2.45, 2.75) is 51.7 Å². The number of aryl methyl sites for hydroxylation is 1. The minimum absolute atomic E-state index is 0.0303. The van der Waals surface area contributed by atoms with Crippen molar-refractivity contribution in [2.24, 2.45) is 0 Å². The molecule has 4 rings (SSSR count). The van der Waals surface area contributed by atoms with E-state index in [4.69, 9.17) is 14.2 Å². The number of carbonyl (C=O) groups excluding carboxylic acids is 1. The lowest BCUT2D eigenvalue weighted by Gasteiger charge is -2.32. The van der Waals surface area contributed by atoms with Gasteiger partial charge in [0.25, 0.3) is 0 Å². The van der Waals surface area contributed by atoms with Gasteiger partial charge in [-0.25, -0.2) is 4.79 Å². The first-order valence-electron chi connectivity index (χ1n) is 11.4. The van der Waals surface area contributed by atoms with Gasteiger partial charge in [-0.1, -0.05) is 72.8 Å². The number of ether oxygens (including phenoxy) is 3. The van der Waals surface area contributed by atoms with E-state index in [1.807, 2.05) is 74.5 Å². The van der Waals surface area contributed by atoms with Crippen LogP contribution >= 0.6 is 0 Å². The van der Waals surface area contributed by atoms with E-state index >= 15 is 0 Å². The van der Waals surface area contributed by atoms with Crippen LogP contribution in [0.15, 0.2) is 84.9 Å². The minimum atomic E-state index is -0.687. The Labute approximate surface area is 195 Å². The van der Waals surface area contributed by atoms with E-state index in [1.54, 1.807) is 4.90 Å². The van der Waals surface area contributed by atoms with Crippen LogP contribution in [0.5, 0.6) is 5.75 Å². The first kappa shape index (κ1) is 22.9. The summed E-state index contributed by atoms with van der Waals surface area (Å²) in [6.07, 6.45) is 1.30. The van der Waals surface area contributed by atoms with Crippen LogP contribution in [0.4, 0.5) is 4.79 Å². The molecule has 1 aliphatic rings. The molecule has 0 aromatic heterocycles. The molecule has 0 radical (unpaired) electrons. The molecule has 33 heavy (non-hydrogen) atoms. The van der Waals surface area contributed by atoms with E-state index in [9.17, 15) is 4.79 Å². The van der Waals surface area contributed by atoms with Crippen molar-refractivity contribution in [3.05, 3.63) is 102 Å². The van der Waals surface area contributed by atoms with Gasteiger partial charge in [-0.05, 0) is 55.5 Å². The SMILES string of the molecule is CC1(C)OC[C@@H](CCc2ccc(OCc3ccccc3)cc2)N1C(=O)OCc1ccccc1. The first-order valence-corrected chi connectivity index (χ1v) is 11.4. The van der Waals surface area contributed by atoms with Crippen LogP contribution in [0.2, 0.25) is 0 Å². The molecule has 3 aromatic rings. The van der Waals surface area contributed by atoms with Crippen molar-refractivity contribution in [1.82, 2.24) is 4.90 Å². The van der Waals surface area contributed by atoms with Crippen molar-refractivity contribution in [1.29, 1.82) is 0 Å². The molecule has 0 aliphatic carbocycles. The first-order chi connectivity index (χ1) is 16.0. The third-order valence-corrected chi connectivity index (χ3v) is 5.91. The van der Waals surface area contributed by atoms with Gasteiger partial charge in [-0.2, -0.15) is 0 Å². The predicted molar refractivity (Wildman–Crippen MR) is 128 cm³/mol. The number of hydrogen-bond acceptors (Lipinski definition) is 4. The molecule has 0 unspecified atom stereocenters. The molecular formula is C28H31NO4. The number of amides is 1. The zero-order valence-electron chi connectivity index (χ0n) is 19.3. The Morgan fingerprint density at radius 3 is 2.12 bits per heavy atom. The maximum absolute atomic E-state index is 12.9. The highest BCUT2D eigenvalue weighted by atomic mass is 16.6. The predicted octanol–water partition coefficient (Wildman–Crippen LogP) is 5.97. The number of rotatable bonds is 8. The molecular weight excluding hydrogens is 414 g/mol. The molecule has 1 fully saturated rings. The van der Waals surface area contributed by atoms with Crippen LogP contribution in [0, 0.1) is 0 Å². The second-order valence-electron chi connectivity index (χ2n) is 8.78. The Bertz CT molecular complexity index is 1020. The molecule has 1 atom stereocenters. The second-order valence-corrected chi connectivity index (χ2v) is 8.78. The van der Waals surface area contributed by atoms with Gasteiger partial charge in [0.2, 0.25) is 0 Å². The van der Waals surface area contributed by atoms with Crippen molar-refractivity contribution in [2.75, 3.05) is 6.61 Å². The highest BCUT2D eigenvalue weighted by Crippen LogP contribution is 2.31. The smallest absolute Gasteiger partial charge is 0.412 e. The Morgan fingerprint density at radius 1 is 0.879 bits per heavy atom. The van der Waals surface area contributed by atoms with Crippen molar-refractivity contribution >= 4 is 6.09 Å². The molecule has 1 amide bonds. The molecule has 0 saturated carbocycles. The summed E-state index contributed by atoms with van der Waals surface area (Å²) in [5.41, 5.74) is 2.62. The molecule has 0 spiro atoms. The van der Waals surface area contributed by atoms with Crippen LogP contribution < -0.4 is 4.74 Å². The summed E-state index contributed by atoms with van der Waals surface area (Å²) in [4.78, 5) is 14.6. The highest BCUT2D eigenvalue weighted by molar-refractivity contribution is 5.69. The lowest BCUT2D eigenvalue weighted by atomic mass is 10.0. The Hall–Kier alpha value is -3.31. The van der Waals surface area contributed by atoms with E-state index < -0.39 is 5.72 Å². The van der Waals surface area contributed by atoms with Gasteiger partial charge < -0.3 is 14.2 Å². The fraction of sp³-hybridized carbons (Fsp3) is 0.321. The summed E-state index contributed by atoms with van der Waals surface area (Å²) in [6.45, 7) is 5.13. The summed E-state index contributed by atoms with van der Waals surface area (Å²) in [5.74, 6) is 0.846. The Morgan fingerprint density at radius 2 is 1.48 bits per heavy atom. The summed E-state index contributed by atoms with van der Waals surface area (Å²) >= 11 is 0. The fourth-order valence-corrected chi connectivity index (χ4v) is 4.08. The summed E-state index contributed by atoms with van der Waals surface area (Å²) in [7, 11) is 0. The number of benzene rings is 3. The third-order valence-electron chi connectivity index (χ3n) is 5.91. The van der Waals surface area contributed by atoms with Crippen LogP contribution in [0.25, 0.3) is 0 Å². The van der Waals surface area contributed by atoms with Crippen LogP contribution in [0.3, 0.4) is 0 Å². The molecule has 0 bridgehead atoms. The Balaban J connectivity index is 1.30. The summed E-state index contributed by atoms with van der Waals surface area (Å²) in [6, 6.07) is 28.0. The van der Waals surface area contributed by atoms with E-state index in [-0.39, 0.29) is 18.7 Å². The topological polar surface area (TPSA) is 48.0 Å². The van der Waals surface area contributed by atoms with Gasteiger partial charge in [0, 0.05) is 0 Å². The molecule has 3 aromatic carbocycles. The molecule has 0 N–H and O–H groups in total. The normalized spacial score (nSPS) is 17.0. The lowest BCUT2D eigenvalue weighted by molar-refractivity contribution is -0.0493. The number of nitrogens with zero attached hydrogens (tertiary/aromatic N) is 1. The zero-order chi connectivity index (χ0) is 23.1. The highest BCUT2D eigenvalue weighted by Gasteiger charge is 2.44. The van der Waals surface area contributed by atoms with E-state index in [0.29, 0.717) is 13.2 Å². The third kappa shape index (κ3) is 6.14. The molecule has 1 heterocycles. The van der Waals surface area contributed by atoms with Crippen molar-refractivity contribution < 1.29 is 19.0 Å². The molecule has 1 saturated heterocycles. The average Bonchev–Trinajstić information content (AvgIpc) is 3.16. The maximum Gasteiger partial charge on any atom is 0.412 e.